The Morgan fingerprint density at radius 2 is 2.47 bits per heavy atom. The molecule has 1 aromatic rings. The fourth-order valence-electron chi connectivity index (χ4n) is 1.91. The van der Waals surface area contributed by atoms with Crippen molar-refractivity contribution in [3.63, 3.8) is 0 Å². The number of rotatable bonds is 4. The lowest BCUT2D eigenvalue weighted by molar-refractivity contribution is 0.100. The number of carbonyl (C=O) groups excluding carboxylic acids is 1. The zero-order valence-electron chi connectivity index (χ0n) is 9.60. The molecule has 1 aliphatic heterocycles. The van der Waals surface area contributed by atoms with E-state index in [4.69, 9.17) is 16.2 Å². The van der Waals surface area contributed by atoms with Crippen LogP contribution in [0.3, 0.4) is 0 Å². The van der Waals surface area contributed by atoms with Gasteiger partial charge in [0.2, 0.25) is 0 Å². The predicted octanol–water partition coefficient (Wildman–Crippen LogP) is 0.661. The molecule has 0 saturated carbocycles. The Bertz CT molecular complexity index is 414. The summed E-state index contributed by atoms with van der Waals surface area (Å²) in [5.41, 5.74) is 11.2. The molecule has 6 nitrogen and oxygen atoms in total. The van der Waals surface area contributed by atoms with Crippen LogP contribution in [0.1, 0.15) is 23.7 Å². The van der Waals surface area contributed by atoms with Crippen LogP contribution in [-0.4, -0.2) is 29.5 Å². The summed E-state index contributed by atoms with van der Waals surface area (Å²) < 4.78 is 9.27. The summed E-state index contributed by atoms with van der Waals surface area (Å²) in [6.07, 6.45) is 1.02. The SMILES string of the molecule is CC(Nc1snc(N)c1C(N)=O)C1CCOC1. The van der Waals surface area contributed by atoms with Gasteiger partial charge in [-0.25, -0.2) is 0 Å². The normalized spacial score (nSPS) is 21.4. The van der Waals surface area contributed by atoms with Gasteiger partial charge >= 0.3 is 0 Å². The molecule has 1 aromatic heterocycles. The van der Waals surface area contributed by atoms with E-state index in [-0.39, 0.29) is 11.9 Å². The lowest BCUT2D eigenvalue weighted by Gasteiger charge is -2.19. The number of hydrogen-bond donors (Lipinski definition) is 3. The van der Waals surface area contributed by atoms with E-state index in [9.17, 15) is 4.79 Å². The molecule has 7 heteroatoms. The van der Waals surface area contributed by atoms with Gasteiger partial charge < -0.3 is 21.5 Å². The van der Waals surface area contributed by atoms with Gasteiger partial charge in [0.05, 0.1) is 6.61 Å². The summed E-state index contributed by atoms with van der Waals surface area (Å²) in [6.45, 7) is 3.60. The van der Waals surface area contributed by atoms with Crippen LogP contribution in [0.2, 0.25) is 0 Å². The van der Waals surface area contributed by atoms with Crippen molar-refractivity contribution >= 4 is 28.3 Å². The summed E-state index contributed by atoms with van der Waals surface area (Å²) >= 11 is 1.16. The number of nitrogens with one attached hydrogen (secondary N) is 1. The van der Waals surface area contributed by atoms with Crippen molar-refractivity contribution in [3.8, 4) is 0 Å². The number of amides is 1. The molecule has 1 aliphatic rings. The molecule has 2 heterocycles. The Morgan fingerprint density at radius 3 is 3.06 bits per heavy atom. The first kappa shape index (κ1) is 12.1. The second-order valence-corrected chi connectivity index (χ2v) is 4.97. The van der Waals surface area contributed by atoms with Crippen molar-refractivity contribution in [2.75, 3.05) is 24.3 Å². The minimum atomic E-state index is -0.548. The third-order valence-electron chi connectivity index (χ3n) is 3.00. The van der Waals surface area contributed by atoms with E-state index >= 15 is 0 Å². The zero-order chi connectivity index (χ0) is 12.4. The number of hydrogen-bond acceptors (Lipinski definition) is 6. The van der Waals surface area contributed by atoms with Crippen LogP contribution in [0.4, 0.5) is 10.8 Å². The molecular formula is C10H16N4O2S. The second kappa shape index (κ2) is 4.89. The molecule has 5 N–H and O–H groups in total. The van der Waals surface area contributed by atoms with E-state index in [2.05, 4.69) is 16.6 Å². The van der Waals surface area contributed by atoms with Crippen LogP contribution < -0.4 is 16.8 Å². The highest BCUT2D eigenvalue weighted by molar-refractivity contribution is 7.11. The highest BCUT2D eigenvalue weighted by atomic mass is 32.1. The van der Waals surface area contributed by atoms with E-state index in [1.807, 2.05) is 0 Å². The van der Waals surface area contributed by atoms with E-state index in [0.717, 1.165) is 31.2 Å². The van der Waals surface area contributed by atoms with Gasteiger partial charge in [-0.15, -0.1) is 0 Å². The minimum Gasteiger partial charge on any atom is -0.382 e. The average Bonchev–Trinajstić information content (AvgIpc) is 2.87. The molecular weight excluding hydrogens is 240 g/mol. The standard InChI is InChI=1S/C10H16N4O2S/c1-5(6-2-3-16-4-6)13-10-7(9(12)15)8(11)14-17-10/h5-6,13H,2-4H2,1H3,(H2,11,14)(H2,12,15). The Hall–Kier alpha value is -1.34. The maximum Gasteiger partial charge on any atom is 0.255 e. The van der Waals surface area contributed by atoms with Crippen LogP contribution in [0, 0.1) is 5.92 Å². The minimum absolute atomic E-state index is 0.194. The number of nitrogen functional groups attached to an aromatic ring is 1. The molecule has 0 spiro atoms. The maximum absolute atomic E-state index is 11.3. The first-order valence-electron chi connectivity index (χ1n) is 5.48. The monoisotopic (exact) mass is 256 g/mol. The van der Waals surface area contributed by atoms with Crippen molar-refractivity contribution in [1.82, 2.24) is 4.37 Å². The van der Waals surface area contributed by atoms with Crippen molar-refractivity contribution in [2.24, 2.45) is 11.7 Å². The number of nitrogens with two attached hydrogens (primary N) is 2. The molecule has 2 rings (SSSR count). The highest BCUT2D eigenvalue weighted by Crippen LogP contribution is 2.29. The van der Waals surface area contributed by atoms with E-state index in [1.54, 1.807) is 0 Å². The van der Waals surface area contributed by atoms with Gasteiger partial charge in [0.25, 0.3) is 5.91 Å². The molecule has 1 amide bonds. The zero-order valence-corrected chi connectivity index (χ0v) is 10.4. The molecule has 17 heavy (non-hydrogen) atoms. The first-order chi connectivity index (χ1) is 8.09. The Labute approximate surface area is 103 Å². The number of ether oxygens (including phenoxy) is 1. The van der Waals surface area contributed by atoms with Gasteiger partial charge in [-0.3, -0.25) is 4.79 Å². The number of aromatic nitrogens is 1. The largest absolute Gasteiger partial charge is 0.382 e. The Morgan fingerprint density at radius 1 is 1.71 bits per heavy atom. The molecule has 1 fully saturated rings. The molecule has 94 valence electrons. The summed E-state index contributed by atoms with van der Waals surface area (Å²) in [6, 6.07) is 0.204. The molecule has 2 unspecified atom stereocenters. The van der Waals surface area contributed by atoms with Gasteiger partial charge in [-0.2, -0.15) is 4.37 Å². The van der Waals surface area contributed by atoms with Crippen molar-refractivity contribution in [2.45, 2.75) is 19.4 Å². The maximum atomic E-state index is 11.3. The van der Waals surface area contributed by atoms with Crippen LogP contribution in [0.5, 0.6) is 0 Å². The van der Waals surface area contributed by atoms with Crippen LogP contribution in [0.25, 0.3) is 0 Å². The molecule has 2 atom stereocenters. The van der Waals surface area contributed by atoms with E-state index < -0.39 is 5.91 Å². The van der Waals surface area contributed by atoms with Gasteiger partial charge in [0, 0.05) is 18.6 Å². The van der Waals surface area contributed by atoms with Crippen LogP contribution in [0.15, 0.2) is 0 Å². The lowest BCUT2D eigenvalue weighted by atomic mass is 10.0. The number of carbonyl (C=O) groups is 1. The van der Waals surface area contributed by atoms with Crippen LogP contribution in [-0.2, 0) is 4.74 Å². The predicted molar refractivity (Wildman–Crippen MR) is 67.1 cm³/mol. The molecule has 0 aliphatic carbocycles. The fraction of sp³-hybridized carbons (Fsp3) is 0.600. The van der Waals surface area contributed by atoms with Gasteiger partial charge in [-0.05, 0) is 24.9 Å². The number of primary amides is 1. The quantitative estimate of drug-likeness (QED) is 0.734. The highest BCUT2D eigenvalue weighted by Gasteiger charge is 2.25. The van der Waals surface area contributed by atoms with E-state index in [1.165, 1.54) is 0 Å². The molecule has 1 saturated heterocycles. The van der Waals surface area contributed by atoms with Crippen molar-refractivity contribution in [3.05, 3.63) is 5.56 Å². The number of nitrogens with zero attached hydrogens (tertiary/aromatic N) is 1. The number of anilines is 2. The summed E-state index contributed by atoms with van der Waals surface area (Å²) in [7, 11) is 0. The summed E-state index contributed by atoms with van der Waals surface area (Å²) in [4.78, 5) is 11.3. The first-order valence-corrected chi connectivity index (χ1v) is 6.26. The smallest absolute Gasteiger partial charge is 0.255 e. The van der Waals surface area contributed by atoms with Gasteiger partial charge in [-0.1, -0.05) is 0 Å². The third-order valence-corrected chi connectivity index (χ3v) is 3.79. The fourth-order valence-corrected chi connectivity index (χ4v) is 2.73. The van der Waals surface area contributed by atoms with E-state index in [0.29, 0.717) is 16.5 Å². The van der Waals surface area contributed by atoms with Crippen molar-refractivity contribution < 1.29 is 9.53 Å². The molecule has 0 radical (unpaired) electrons. The average molecular weight is 256 g/mol. The van der Waals surface area contributed by atoms with Crippen molar-refractivity contribution in [1.29, 1.82) is 0 Å². The summed E-state index contributed by atoms with van der Waals surface area (Å²) in [5, 5.41) is 3.90. The lowest BCUT2D eigenvalue weighted by Crippen LogP contribution is -2.27. The molecule has 0 bridgehead atoms. The van der Waals surface area contributed by atoms with Gasteiger partial charge in [0.1, 0.15) is 10.6 Å². The molecule has 0 aromatic carbocycles. The summed E-state index contributed by atoms with van der Waals surface area (Å²) in [5.74, 6) is 0.0903. The van der Waals surface area contributed by atoms with Crippen LogP contribution >= 0.6 is 11.5 Å². The Kier molecular flexibility index (Phi) is 3.49. The third kappa shape index (κ3) is 2.50. The second-order valence-electron chi connectivity index (χ2n) is 4.19. The van der Waals surface area contributed by atoms with Gasteiger partial charge in [0.15, 0.2) is 5.82 Å². The topological polar surface area (TPSA) is 103 Å². The Balaban J connectivity index is 2.10.